The molecule has 0 saturated carbocycles. The first-order chi connectivity index (χ1) is 18.1. The summed E-state index contributed by atoms with van der Waals surface area (Å²) < 4.78 is 32.9. The zero-order valence-corrected chi connectivity index (χ0v) is 24.0. The second-order valence-corrected chi connectivity index (χ2v) is 11.5. The fourth-order valence-electron chi connectivity index (χ4n) is 4.04. The molecule has 2 amide bonds. The summed E-state index contributed by atoms with van der Waals surface area (Å²) in [6, 6.07) is 22.5. The lowest BCUT2D eigenvalue weighted by atomic mass is 10.0. The molecular weight excluding hydrogens is 570 g/mol. The van der Waals surface area contributed by atoms with Crippen molar-refractivity contribution in [2.24, 2.45) is 0 Å². The quantitative estimate of drug-likeness (QED) is 0.338. The predicted octanol–water partition coefficient (Wildman–Crippen LogP) is 4.00. The van der Waals surface area contributed by atoms with Crippen molar-refractivity contribution in [3.05, 3.63) is 94.5 Å². The molecule has 0 aliphatic heterocycles. The molecule has 202 valence electrons. The zero-order chi connectivity index (χ0) is 27.7. The molecule has 0 spiro atoms. The number of halogens is 1. The van der Waals surface area contributed by atoms with E-state index < -0.39 is 28.5 Å². The standard InChI is InChI=1S/C28H32BrN3O5S/c1-4-37-25-15-13-24(14-16-25)32(38(3,35)36)20-27(33)31(19-22-11-8-12-23(29)17-22)26(28(34)30-2)18-21-9-6-5-7-10-21/h5-17,26H,4,18-20H2,1-3H3,(H,30,34)/t26-/m0/s1. The Morgan fingerprint density at radius 3 is 2.21 bits per heavy atom. The van der Waals surface area contributed by atoms with Crippen LogP contribution in [0.2, 0.25) is 0 Å². The SMILES string of the molecule is CCOc1ccc(N(CC(=O)N(Cc2cccc(Br)c2)[C@@H](Cc2ccccc2)C(=O)NC)S(C)(=O)=O)cc1. The number of hydrogen-bond acceptors (Lipinski definition) is 5. The van der Waals surface area contributed by atoms with Crippen LogP contribution in [-0.4, -0.2) is 57.6 Å². The van der Waals surface area contributed by atoms with Gasteiger partial charge in [-0.3, -0.25) is 13.9 Å². The maximum Gasteiger partial charge on any atom is 0.244 e. The van der Waals surface area contributed by atoms with Crippen LogP contribution in [0.3, 0.4) is 0 Å². The van der Waals surface area contributed by atoms with Crippen LogP contribution in [0.1, 0.15) is 18.1 Å². The van der Waals surface area contributed by atoms with Crippen molar-refractivity contribution in [3.8, 4) is 5.75 Å². The number of benzene rings is 3. The van der Waals surface area contributed by atoms with Crippen molar-refractivity contribution >= 4 is 43.5 Å². The summed E-state index contributed by atoms with van der Waals surface area (Å²) >= 11 is 3.46. The molecule has 1 atom stereocenters. The average Bonchev–Trinajstić information content (AvgIpc) is 2.89. The second-order valence-electron chi connectivity index (χ2n) is 8.67. The Morgan fingerprint density at radius 1 is 0.974 bits per heavy atom. The molecule has 3 aromatic rings. The minimum atomic E-state index is -3.82. The normalized spacial score (nSPS) is 11.9. The molecule has 1 N–H and O–H groups in total. The van der Waals surface area contributed by atoms with Crippen LogP contribution in [0.4, 0.5) is 5.69 Å². The molecule has 3 rings (SSSR count). The fraction of sp³-hybridized carbons (Fsp3) is 0.286. The number of nitrogens with one attached hydrogen (secondary N) is 1. The molecule has 0 saturated heterocycles. The highest BCUT2D eigenvalue weighted by atomic mass is 79.9. The van der Waals surface area contributed by atoms with Gasteiger partial charge in [0.05, 0.1) is 18.6 Å². The Kier molecular flexibility index (Phi) is 10.3. The highest BCUT2D eigenvalue weighted by Gasteiger charge is 2.32. The van der Waals surface area contributed by atoms with Gasteiger partial charge in [0, 0.05) is 24.5 Å². The minimum Gasteiger partial charge on any atom is -0.494 e. The number of ether oxygens (including phenoxy) is 1. The largest absolute Gasteiger partial charge is 0.494 e. The number of nitrogens with zero attached hydrogens (tertiary/aromatic N) is 2. The van der Waals surface area contributed by atoms with Gasteiger partial charge in [0.1, 0.15) is 18.3 Å². The number of likely N-dealkylation sites (N-methyl/N-ethyl adjacent to an activating group) is 1. The number of carbonyl (C=O) groups excluding carboxylic acids is 2. The van der Waals surface area contributed by atoms with E-state index in [0.29, 0.717) is 18.0 Å². The maximum atomic E-state index is 13.9. The lowest BCUT2D eigenvalue weighted by Crippen LogP contribution is -2.52. The lowest BCUT2D eigenvalue weighted by Gasteiger charge is -2.33. The number of anilines is 1. The van der Waals surface area contributed by atoms with Crippen molar-refractivity contribution in [1.29, 1.82) is 0 Å². The summed E-state index contributed by atoms with van der Waals surface area (Å²) in [7, 11) is -2.31. The van der Waals surface area contributed by atoms with Gasteiger partial charge in [-0.05, 0) is 54.4 Å². The highest BCUT2D eigenvalue weighted by molar-refractivity contribution is 9.10. The Morgan fingerprint density at radius 2 is 1.63 bits per heavy atom. The molecule has 0 fully saturated rings. The van der Waals surface area contributed by atoms with Crippen LogP contribution in [-0.2, 0) is 32.6 Å². The van der Waals surface area contributed by atoms with Gasteiger partial charge in [-0.1, -0.05) is 58.4 Å². The highest BCUT2D eigenvalue weighted by Crippen LogP contribution is 2.23. The fourth-order valence-corrected chi connectivity index (χ4v) is 5.34. The summed E-state index contributed by atoms with van der Waals surface area (Å²) in [5.74, 6) is -0.257. The van der Waals surface area contributed by atoms with Crippen molar-refractivity contribution in [2.45, 2.75) is 25.9 Å². The number of sulfonamides is 1. The number of amides is 2. The van der Waals surface area contributed by atoms with Gasteiger partial charge >= 0.3 is 0 Å². The molecule has 10 heteroatoms. The van der Waals surface area contributed by atoms with E-state index in [4.69, 9.17) is 4.74 Å². The van der Waals surface area contributed by atoms with Gasteiger partial charge < -0.3 is 15.0 Å². The van der Waals surface area contributed by atoms with E-state index in [-0.39, 0.29) is 18.9 Å². The molecule has 0 heterocycles. The minimum absolute atomic E-state index is 0.115. The van der Waals surface area contributed by atoms with Crippen molar-refractivity contribution in [2.75, 3.05) is 30.8 Å². The predicted molar refractivity (Wildman–Crippen MR) is 152 cm³/mol. The van der Waals surface area contributed by atoms with E-state index in [0.717, 1.165) is 26.2 Å². The van der Waals surface area contributed by atoms with Crippen molar-refractivity contribution in [3.63, 3.8) is 0 Å². The monoisotopic (exact) mass is 601 g/mol. The Labute approximate surface area is 232 Å². The van der Waals surface area contributed by atoms with Gasteiger partial charge in [0.25, 0.3) is 0 Å². The molecular formula is C28H32BrN3O5S. The van der Waals surface area contributed by atoms with E-state index in [1.807, 2.05) is 61.5 Å². The van der Waals surface area contributed by atoms with E-state index in [1.54, 1.807) is 24.3 Å². The third-order valence-corrected chi connectivity index (χ3v) is 7.51. The summed E-state index contributed by atoms with van der Waals surface area (Å²) in [6.45, 7) is 1.97. The van der Waals surface area contributed by atoms with Gasteiger partial charge in [-0.15, -0.1) is 0 Å². The summed E-state index contributed by atoms with van der Waals surface area (Å²) in [6.07, 6.45) is 1.32. The van der Waals surface area contributed by atoms with Crippen molar-refractivity contribution < 1.29 is 22.7 Å². The maximum absolute atomic E-state index is 13.9. The van der Waals surface area contributed by atoms with Gasteiger partial charge in [-0.25, -0.2) is 8.42 Å². The number of hydrogen-bond donors (Lipinski definition) is 1. The average molecular weight is 603 g/mol. The summed E-state index contributed by atoms with van der Waals surface area (Å²) in [5.41, 5.74) is 1.99. The van der Waals surface area contributed by atoms with E-state index in [9.17, 15) is 18.0 Å². The molecule has 3 aromatic carbocycles. The first-order valence-corrected chi connectivity index (χ1v) is 14.8. The van der Waals surface area contributed by atoms with Crippen LogP contribution < -0.4 is 14.4 Å². The number of rotatable bonds is 12. The van der Waals surface area contributed by atoms with Crippen LogP contribution in [0, 0.1) is 0 Å². The van der Waals surface area contributed by atoms with Crippen molar-refractivity contribution in [1.82, 2.24) is 10.2 Å². The van der Waals surface area contributed by atoms with Gasteiger partial charge in [0.2, 0.25) is 21.8 Å². The van der Waals surface area contributed by atoms with E-state index >= 15 is 0 Å². The molecule has 0 unspecified atom stereocenters. The number of carbonyl (C=O) groups is 2. The summed E-state index contributed by atoms with van der Waals surface area (Å²) in [5, 5.41) is 2.66. The molecule has 8 nitrogen and oxygen atoms in total. The zero-order valence-electron chi connectivity index (χ0n) is 21.6. The third-order valence-electron chi connectivity index (χ3n) is 5.87. The van der Waals surface area contributed by atoms with Gasteiger partial charge in [0.15, 0.2) is 0 Å². The Balaban J connectivity index is 2.00. The molecule has 0 radical (unpaired) electrons. The smallest absolute Gasteiger partial charge is 0.244 e. The van der Waals surface area contributed by atoms with Crippen LogP contribution in [0.15, 0.2) is 83.3 Å². The Bertz CT molecular complexity index is 1330. The first-order valence-electron chi connectivity index (χ1n) is 12.1. The van der Waals surface area contributed by atoms with Crippen LogP contribution >= 0.6 is 15.9 Å². The Hall–Kier alpha value is -3.37. The summed E-state index contributed by atoms with van der Waals surface area (Å²) in [4.78, 5) is 28.4. The van der Waals surface area contributed by atoms with E-state index in [1.165, 1.54) is 11.9 Å². The van der Waals surface area contributed by atoms with Crippen LogP contribution in [0.25, 0.3) is 0 Å². The molecule has 0 aliphatic rings. The molecule has 0 aliphatic carbocycles. The topological polar surface area (TPSA) is 96.0 Å². The second kappa shape index (κ2) is 13.4. The molecule has 38 heavy (non-hydrogen) atoms. The van der Waals surface area contributed by atoms with Gasteiger partial charge in [-0.2, -0.15) is 0 Å². The van der Waals surface area contributed by atoms with Crippen LogP contribution in [0.5, 0.6) is 5.75 Å². The lowest BCUT2D eigenvalue weighted by molar-refractivity contribution is -0.139. The molecule has 0 bridgehead atoms. The first kappa shape index (κ1) is 29.2. The molecule has 0 aromatic heterocycles. The third kappa shape index (κ3) is 8.06. The van der Waals surface area contributed by atoms with E-state index in [2.05, 4.69) is 21.2 Å².